The monoisotopic (exact) mass is 241 g/mol. The summed E-state index contributed by atoms with van der Waals surface area (Å²) < 4.78 is 38.6. The van der Waals surface area contributed by atoms with Gasteiger partial charge in [-0.2, -0.15) is 5.10 Å². The Balaban J connectivity index is 2.19. The predicted molar refractivity (Wildman–Crippen MR) is 56.9 cm³/mol. The van der Waals surface area contributed by atoms with E-state index >= 15 is 0 Å². The lowest BCUT2D eigenvalue weighted by Gasteiger charge is -2.13. The lowest BCUT2D eigenvalue weighted by Crippen LogP contribution is -2.07. The molecule has 2 N–H and O–H groups in total. The molecule has 0 aliphatic rings. The molecule has 0 saturated carbocycles. The van der Waals surface area contributed by atoms with E-state index in [2.05, 4.69) is 15.5 Å². The zero-order chi connectivity index (χ0) is 12.4. The van der Waals surface area contributed by atoms with E-state index in [-0.39, 0.29) is 11.7 Å². The molecule has 1 aromatic heterocycles. The van der Waals surface area contributed by atoms with Crippen molar-refractivity contribution in [1.29, 1.82) is 0 Å². The van der Waals surface area contributed by atoms with Crippen molar-refractivity contribution in [2.45, 2.75) is 13.0 Å². The van der Waals surface area contributed by atoms with E-state index in [0.717, 1.165) is 17.7 Å². The lowest BCUT2D eigenvalue weighted by molar-refractivity contribution is 0.447. The first-order valence-corrected chi connectivity index (χ1v) is 4.97. The fraction of sp³-hybridized carbons (Fsp3) is 0.182. The van der Waals surface area contributed by atoms with Crippen LogP contribution in [0.15, 0.2) is 24.5 Å². The minimum Gasteiger partial charge on any atom is -0.378 e. The Morgan fingerprint density at radius 3 is 2.41 bits per heavy atom. The van der Waals surface area contributed by atoms with Gasteiger partial charge in [-0.25, -0.2) is 13.2 Å². The molecule has 0 fully saturated rings. The molecule has 0 amide bonds. The normalized spacial score (nSPS) is 12.5. The number of nitrogens with one attached hydrogen (secondary N) is 2. The summed E-state index contributed by atoms with van der Waals surface area (Å²) in [6.07, 6.45) is 3.25. The zero-order valence-corrected chi connectivity index (χ0v) is 8.97. The number of aromatic amines is 1. The maximum atomic E-state index is 13.0. The van der Waals surface area contributed by atoms with Gasteiger partial charge in [0, 0.05) is 29.6 Å². The molecule has 2 aromatic rings. The maximum absolute atomic E-state index is 13.0. The van der Waals surface area contributed by atoms with Crippen molar-refractivity contribution >= 4 is 5.69 Å². The number of aromatic nitrogens is 2. The van der Waals surface area contributed by atoms with E-state index in [1.165, 1.54) is 0 Å². The number of anilines is 1. The molecule has 1 atom stereocenters. The first kappa shape index (κ1) is 11.5. The Bertz CT molecular complexity index is 488. The minimum absolute atomic E-state index is 0.176. The first-order valence-electron chi connectivity index (χ1n) is 4.97. The fourth-order valence-electron chi connectivity index (χ4n) is 1.47. The van der Waals surface area contributed by atoms with Crippen LogP contribution in [-0.4, -0.2) is 10.2 Å². The summed E-state index contributed by atoms with van der Waals surface area (Å²) in [4.78, 5) is 0. The third-order valence-electron chi connectivity index (χ3n) is 2.39. The number of H-pyrrole nitrogens is 1. The summed E-state index contributed by atoms with van der Waals surface area (Å²) in [5.74, 6) is -3.90. The fourth-order valence-corrected chi connectivity index (χ4v) is 1.47. The van der Waals surface area contributed by atoms with Crippen LogP contribution in [0, 0.1) is 17.5 Å². The number of hydrogen-bond donors (Lipinski definition) is 2. The summed E-state index contributed by atoms with van der Waals surface area (Å²) in [7, 11) is 0. The van der Waals surface area contributed by atoms with E-state index in [9.17, 15) is 13.2 Å². The summed E-state index contributed by atoms with van der Waals surface area (Å²) in [5, 5.41) is 9.24. The Morgan fingerprint density at radius 2 is 1.88 bits per heavy atom. The SMILES string of the molecule is CC(Nc1cc(F)c(F)c(F)c1)c1cn[nH]c1. The minimum atomic E-state index is -1.47. The molecule has 0 saturated heterocycles. The predicted octanol–water partition coefficient (Wildman–Crippen LogP) is 3.00. The molecule has 0 aliphatic carbocycles. The first-order chi connectivity index (χ1) is 8.08. The van der Waals surface area contributed by atoms with Gasteiger partial charge in [-0.1, -0.05) is 0 Å². The topological polar surface area (TPSA) is 40.7 Å². The highest BCUT2D eigenvalue weighted by Crippen LogP contribution is 2.22. The number of hydrogen-bond acceptors (Lipinski definition) is 2. The van der Waals surface area contributed by atoms with Gasteiger partial charge in [0.1, 0.15) is 0 Å². The second-order valence-corrected chi connectivity index (χ2v) is 3.65. The number of benzene rings is 1. The van der Waals surface area contributed by atoms with Gasteiger partial charge in [0.2, 0.25) is 0 Å². The van der Waals surface area contributed by atoms with Crippen LogP contribution in [0.4, 0.5) is 18.9 Å². The molecule has 0 spiro atoms. The van der Waals surface area contributed by atoms with E-state index < -0.39 is 17.5 Å². The Hall–Kier alpha value is -1.98. The molecule has 0 radical (unpaired) electrons. The highest BCUT2D eigenvalue weighted by Gasteiger charge is 2.12. The Labute approximate surface area is 95.7 Å². The van der Waals surface area contributed by atoms with Crippen LogP contribution in [0.25, 0.3) is 0 Å². The van der Waals surface area contributed by atoms with Gasteiger partial charge in [-0.3, -0.25) is 5.10 Å². The quantitative estimate of drug-likeness (QED) is 0.811. The van der Waals surface area contributed by atoms with Gasteiger partial charge >= 0.3 is 0 Å². The average molecular weight is 241 g/mol. The molecule has 3 nitrogen and oxygen atoms in total. The van der Waals surface area contributed by atoms with Crippen LogP contribution in [0.3, 0.4) is 0 Å². The van der Waals surface area contributed by atoms with E-state index in [4.69, 9.17) is 0 Å². The molecule has 0 aliphatic heterocycles. The van der Waals surface area contributed by atoms with E-state index in [1.54, 1.807) is 19.3 Å². The molecule has 0 bridgehead atoms. The Kier molecular flexibility index (Phi) is 3.03. The van der Waals surface area contributed by atoms with Crippen molar-refractivity contribution in [1.82, 2.24) is 10.2 Å². The smallest absolute Gasteiger partial charge is 0.194 e. The van der Waals surface area contributed by atoms with Crippen LogP contribution < -0.4 is 5.32 Å². The highest BCUT2D eigenvalue weighted by molar-refractivity contribution is 5.46. The molecule has 2 rings (SSSR count). The van der Waals surface area contributed by atoms with E-state index in [0.29, 0.717) is 0 Å². The molecule has 17 heavy (non-hydrogen) atoms. The van der Waals surface area contributed by atoms with Crippen molar-refractivity contribution in [2.24, 2.45) is 0 Å². The zero-order valence-electron chi connectivity index (χ0n) is 8.97. The second-order valence-electron chi connectivity index (χ2n) is 3.65. The number of halogens is 3. The highest BCUT2D eigenvalue weighted by atomic mass is 19.2. The van der Waals surface area contributed by atoms with Crippen molar-refractivity contribution < 1.29 is 13.2 Å². The molecule has 1 unspecified atom stereocenters. The van der Waals surface area contributed by atoms with Gasteiger partial charge in [-0.15, -0.1) is 0 Å². The average Bonchev–Trinajstić information content (AvgIpc) is 2.79. The summed E-state index contributed by atoms with van der Waals surface area (Å²) in [6, 6.07) is 1.63. The van der Waals surface area contributed by atoms with Crippen LogP contribution in [0.1, 0.15) is 18.5 Å². The van der Waals surface area contributed by atoms with E-state index in [1.807, 2.05) is 0 Å². The summed E-state index contributed by atoms with van der Waals surface area (Å²) in [5.41, 5.74) is 1.00. The molecule has 6 heteroatoms. The van der Waals surface area contributed by atoms with Gasteiger partial charge in [-0.05, 0) is 6.92 Å². The molecule has 1 aromatic carbocycles. The van der Waals surface area contributed by atoms with Crippen LogP contribution >= 0.6 is 0 Å². The third-order valence-corrected chi connectivity index (χ3v) is 2.39. The van der Waals surface area contributed by atoms with Crippen LogP contribution in [0.5, 0.6) is 0 Å². The summed E-state index contributed by atoms with van der Waals surface area (Å²) >= 11 is 0. The van der Waals surface area contributed by atoms with Crippen LogP contribution in [-0.2, 0) is 0 Å². The number of rotatable bonds is 3. The number of nitrogens with zero attached hydrogens (tertiary/aromatic N) is 1. The largest absolute Gasteiger partial charge is 0.378 e. The standard InChI is InChI=1S/C11H10F3N3/c1-6(7-4-15-16-5-7)17-8-2-9(12)11(14)10(13)3-8/h2-6,17H,1H3,(H,15,16). The lowest BCUT2D eigenvalue weighted by atomic mass is 10.2. The maximum Gasteiger partial charge on any atom is 0.194 e. The molecular weight excluding hydrogens is 231 g/mol. The second kappa shape index (κ2) is 4.48. The van der Waals surface area contributed by atoms with Crippen molar-refractivity contribution in [3.63, 3.8) is 0 Å². The molecule has 1 heterocycles. The van der Waals surface area contributed by atoms with Crippen LogP contribution in [0.2, 0.25) is 0 Å². The van der Waals surface area contributed by atoms with Gasteiger partial charge in [0.05, 0.1) is 12.2 Å². The van der Waals surface area contributed by atoms with Gasteiger partial charge in [0.15, 0.2) is 17.5 Å². The third kappa shape index (κ3) is 2.41. The van der Waals surface area contributed by atoms with Gasteiger partial charge in [0.25, 0.3) is 0 Å². The summed E-state index contributed by atoms with van der Waals surface area (Å²) in [6.45, 7) is 1.80. The van der Waals surface area contributed by atoms with Crippen molar-refractivity contribution in [2.75, 3.05) is 5.32 Å². The van der Waals surface area contributed by atoms with Crippen molar-refractivity contribution in [3.05, 3.63) is 47.5 Å². The molecule has 90 valence electrons. The van der Waals surface area contributed by atoms with Crippen molar-refractivity contribution in [3.8, 4) is 0 Å². The molecular formula is C11H10F3N3. The Morgan fingerprint density at radius 1 is 1.24 bits per heavy atom. The van der Waals surface area contributed by atoms with Gasteiger partial charge < -0.3 is 5.32 Å².